The number of anilines is 2. The largest absolute Gasteiger partial charge is 0.493 e. The molecule has 0 spiro atoms. The Morgan fingerprint density at radius 2 is 1.76 bits per heavy atom. The summed E-state index contributed by atoms with van der Waals surface area (Å²) in [6.07, 6.45) is 10.3. The van der Waals surface area contributed by atoms with Crippen LogP contribution in [0.2, 0.25) is 0 Å². The van der Waals surface area contributed by atoms with Gasteiger partial charge in [0.25, 0.3) is 0 Å². The quantitative estimate of drug-likeness (QED) is 0.315. The van der Waals surface area contributed by atoms with Crippen LogP contribution in [0.4, 0.5) is 11.4 Å². The maximum absolute atomic E-state index is 6.55. The van der Waals surface area contributed by atoms with Gasteiger partial charge in [0.05, 0.1) is 24.2 Å². The Hall–Kier alpha value is -3.90. The molecule has 37 heavy (non-hydrogen) atoms. The number of aromatic nitrogens is 2. The molecule has 2 bridgehead atoms. The van der Waals surface area contributed by atoms with Crippen molar-refractivity contribution >= 4 is 11.4 Å². The van der Waals surface area contributed by atoms with Gasteiger partial charge >= 0.3 is 0 Å². The second kappa shape index (κ2) is 9.20. The van der Waals surface area contributed by atoms with E-state index in [0.29, 0.717) is 18.1 Å². The summed E-state index contributed by atoms with van der Waals surface area (Å²) in [7, 11) is 1.71. The molecule has 3 aliphatic rings. The van der Waals surface area contributed by atoms with Crippen LogP contribution in [0.5, 0.6) is 17.2 Å². The van der Waals surface area contributed by atoms with Crippen molar-refractivity contribution in [2.24, 2.45) is 0 Å². The van der Waals surface area contributed by atoms with Gasteiger partial charge < -0.3 is 14.4 Å². The number of benzene rings is 2. The van der Waals surface area contributed by atoms with Crippen molar-refractivity contribution in [3.8, 4) is 28.4 Å². The number of hydrogen-bond donors (Lipinski definition) is 0. The normalized spacial score (nSPS) is 22.2. The summed E-state index contributed by atoms with van der Waals surface area (Å²) in [5, 5.41) is 0. The molecular formula is C31H30N4O2. The average molecular weight is 491 g/mol. The highest BCUT2D eigenvalue weighted by Gasteiger charge is 2.44. The molecule has 3 aliphatic heterocycles. The van der Waals surface area contributed by atoms with Crippen molar-refractivity contribution in [2.45, 2.75) is 50.4 Å². The second-order valence-corrected chi connectivity index (χ2v) is 10.2. The van der Waals surface area contributed by atoms with Gasteiger partial charge in [-0.05, 0) is 73.7 Å². The van der Waals surface area contributed by atoms with E-state index < -0.39 is 0 Å². The highest BCUT2D eigenvalue weighted by atomic mass is 16.5. The summed E-state index contributed by atoms with van der Waals surface area (Å²) in [6, 6.07) is 24.5. The van der Waals surface area contributed by atoms with Gasteiger partial charge in [0, 0.05) is 48.8 Å². The van der Waals surface area contributed by atoms with Crippen LogP contribution in [0, 0.1) is 0 Å². The lowest BCUT2D eigenvalue weighted by atomic mass is 9.93. The Morgan fingerprint density at radius 1 is 0.865 bits per heavy atom. The van der Waals surface area contributed by atoms with Crippen LogP contribution in [-0.4, -0.2) is 40.1 Å². The highest BCUT2D eigenvalue weighted by molar-refractivity contribution is 5.83. The summed E-state index contributed by atoms with van der Waals surface area (Å²) < 4.78 is 12.3. The molecule has 2 aromatic carbocycles. The summed E-state index contributed by atoms with van der Waals surface area (Å²) >= 11 is 0. The second-order valence-electron chi connectivity index (χ2n) is 10.2. The smallest absolute Gasteiger partial charge is 0.192 e. The molecule has 5 heterocycles. The number of piperidine rings is 1. The van der Waals surface area contributed by atoms with Crippen LogP contribution in [-0.2, 0) is 6.54 Å². The first-order chi connectivity index (χ1) is 18.3. The number of fused-ring (bicyclic) bond motifs is 4. The fourth-order valence-corrected chi connectivity index (χ4v) is 6.49. The lowest BCUT2D eigenvalue weighted by Crippen LogP contribution is -2.49. The van der Waals surface area contributed by atoms with E-state index in [4.69, 9.17) is 9.47 Å². The summed E-state index contributed by atoms with van der Waals surface area (Å²) in [6.45, 7) is 0.932. The molecule has 0 radical (unpaired) electrons. The molecule has 0 saturated carbocycles. The first-order valence-electron chi connectivity index (χ1n) is 13.1. The predicted molar refractivity (Wildman–Crippen MR) is 144 cm³/mol. The first kappa shape index (κ1) is 22.3. The van der Waals surface area contributed by atoms with E-state index in [9.17, 15) is 0 Å². The average Bonchev–Trinajstić information content (AvgIpc) is 3.17. The van der Waals surface area contributed by atoms with Gasteiger partial charge in [-0.2, -0.15) is 0 Å². The van der Waals surface area contributed by atoms with E-state index in [1.54, 1.807) is 13.3 Å². The molecule has 2 saturated heterocycles. The summed E-state index contributed by atoms with van der Waals surface area (Å²) in [4.78, 5) is 14.1. The van der Waals surface area contributed by atoms with Gasteiger partial charge in [0.1, 0.15) is 0 Å². The van der Waals surface area contributed by atoms with Crippen LogP contribution < -0.4 is 14.4 Å². The zero-order valence-electron chi connectivity index (χ0n) is 21.0. The van der Waals surface area contributed by atoms with Crippen LogP contribution in [0.25, 0.3) is 11.1 Å². The molecule has 0 N–H and O–H groups in total. The fraction of sp³-hybridized carbons (Fsp3) is 0.290. The summed E-state index contributed by atoms with van der Waals surface area (Å²) in [5.41, 5.74) is 5.54. The van der Waals surface area contributed by atoms with Crippen molar-refractivity contribution in [3.05, 3.63) is 91.0 Å². The Kier molecular flexibility index (Phi) is 5.55. The highest BCUT2D eigenvalue weighted by Crippen LogP contribution is 2.54. The minimum Gasteiger partial charge on any atom is -0.493 e. The van der Waals surface area contributed by atoms with Gasteiger partial charge in [-0.1, -0.05) is 24.3 Å². The number of para-hydroxylation sites is 1. The third kappa shape index (κ3) is 3.92. The molecule has 0 aliphatic carbocycles. The molecule has 186 valence electrons. The lowest BCUT2D eigenvalue weighted by Gasteiger charge is -2.46. The predicted octanol–water partition coefficient (Wildman–Crippen LogP) is 6.59. The molecule has 0 amide bonds. The number of rotatable bonds is 5. The zero-order chi connectivity index (χ0) is 24.8. The van der Waals surface area contributed by atoms with Crippen LogP contribution in [0.1, 0.15) is 31.4 Å². The Morgan fingerprint density at radius 3 is 2.51 bits per heavy atom. The van der Waals surface area contributed by atoms with Gasteiger partial charge in [-0.3, -0.25) is 14.9 Å². The van der Waals surface area contributed by atoms with Gasteiger partial charge in [0.2, 0.25) is 0 Å². The molecule has 2 fully saturated rings. The number of hydrogen-bond acceptors (Lipinski definition) is 6. The van der Waals surface area contributed by atoms with E-state index >= 15 is 0 Å². The van der Waals surface area contributed by atoms with Crippen LogP contribution in [0.3, 0.4) is 0 Å². The van der Waals surface area contributed by atoms with Crippen LogP contribution >= 0.6 is 0 Å². The van der Waals surface area contributed by atoms with Crippen molar-refractivity contribution in [1.29, 1.82) is 0 Å². The molecule has 4 aromatic rings. The zero-order valence-corrected chi connectivity index (χ0v) is 21.0. The minimum atomic E-state index is 0.384. The Bertz CT molecular complexity index is 1400. The standard InChI is InChI=1S/C31H30N4O2/c1-36-29-9-4-8-28-31(29)37-30-16-21(22-6-5-14-32-19-22)10-13-27(30)35(28)26-17-24-11-12-25(18-26)34(24)20-23-7-2-3-15-33-23/h2-10,13-16,19,24-26H,11-12,17-18,20H2,1H3/t24-,25+,26?. The maximum Gasteiger partial charge on any atom is 0.192 e. The van der Waals surface area contributed by atoms with Crippen molar-refractivity contribution < 1.29 is 9.47 Å². The summed E-state index contributed by atoms with van der Waals surface area (Å²) in [5.74, 6) is 2.42. The topological polar surface area (TPSA) is 50.7 Å². The number of pyridine rings is 2. The fourth-order valence-electron chi connectivity index (χ4n) is 6.49. The first-order valence-corrected chi connectivity index (χ1v) is 13.1. The van der Waals surface area contributed by atoms with Gasteiger partial charge in [0.15, 0.2) is 17.2 Å². The van der Waals surface area contributed by atoms with Gasteiger partial charge in [-0.15, -0.1) is 0 Å². The van der Waals surface area contributed by atoms with Crippen molar-refractivity contribution in [2.75, 3.05) is 12.0 Å². The monoisotopic (exact) mass is 490 g/mol. The number of ether oxygens (including phenoxy) is 2. The third-order valence-corrected chi connectivity index (χ3v) is 8.16. The van der Waals surface area contributed by atoms with Crippen LogP contribution in [0.15, 0.2) is 85.3 Å². The molecule has 3 atom stereocenters. The molecular weight excluding hydrogens is 460 g/mol. The minimum absolute atomic E-state index is 0.384. The van der Waals surface area contributed by atoms with E-state index in [1.807, 2.05) is 30.6 Å². The Labute approximate surface area is 217 Å². The number of nitrogens with zero attached hydrogens (tertiary/aromatic N) is 4. The molecule has 6 nitrogen and oxygen atoms in total. The van der Waals surface area contributed by atoms with Crippen molar-refractivity contribution in [3.63, 3.8) is 0 Å². The van der Waals surface area contributed by atoms with E-state index in [2.05, 4.69) is 68.3 Å². The number of methoxy groups -OCH3 is 1. The molecule has 2 aromatic heterocycles. The Balaban J connectivity index is 1.25. The lowest BCUT2D eigenvalue weighted by molar-refractivity contribution is 0.118. The molecule has 7 rings (SSSR count). The third-order valence-electron chi connectivity index (χ3n) is 8.16. The van der Waals surface area contributed by atoms with E-state index in [0.717, 1.165) is 64.8 Å². The van der Waals surface area contributed by atoms with E-state index in [-0.39, 0.29) is 0 Å². The van der Waals surface area contributed by atoms with E-state index in [1.165, 1.54) is 12.8 Å². The maximum atomic E-state index is 6.55. The van der Waals surface area contributed by atoms with Crippen molar-refractivity contribution in [1.82, 2.24) is 14.9 Å². The SMILES string of the molecule is COc1cccc2c1Oc1cc(-c3cccnc3)ccc1N2C1C[C@H]2CC[C@@H](C1)N2Cc1ccccn1. The molecule has 1 unspecified atom stereocenters. The van der Waals surface area contributed by atoms with Gasteiger partial charge in [-0.25, -0.2) is 0 Å². The molecule has 6 heteroatoms.